The molecule has 0 fully saturated rings. The number of amides is 1. The fourth-order valence-electron chi connectivity index (χ4n) is 4.21. The lowest BCUT2D eigenvalue weighted by molar-refractivity contribution is 0.0949. The quantitative estimate of drug-likeness (QED) is 0.260. The molecular formula is C29H32ClN3O5S. The first-order valence-corrected chi connectivity index (χ1v) is 14.0. The van der Waals surface area contributed by atoms with Crippen molar-refractivity contribution in [1.29, 1.82) is 0 Å². The number of furan rings is 1. The van der Waals surface area contributed by atoms with E-state index in [1.54, 1.807) is 48.7 Å². The molecule has 206 valence electrons. The number of thioether (sulfide) groups is 1. The van der Waals surface area contributed by atoms with E-state index in [1.807, 2.05) is 48.3 Å². The van der Waals surface area contributed by atoms with Gasteiger partial charge in [0.1, 0.15) is 17.1 Å². The Morgan fingerprint density at radius 2 is 1.87 bits per heavy atom. The van der Waals surface area contributed by atoms with Gasteiger partial charge in [-0.25, -0.2) is 0 Å². The summed E-state index contributed by atoms with van der Waals surface area (Å²) in [6.45, 7) is 1.13. The van der Waals surface area contributed by atoms with E-state index in [2.05, 4.69) is 5.32 Å². The molecule has 8 nitrogen and oxygen atoms in total. The molecule has 2 aromatic carbocycles. The van der Waals surface area contributed by atoms with Gasteiger partial charge in [-0.3, -0.25) is 14.5 Å². The molecule has 2 heterocycles. The van der Waals surface area contributed by atoms with Gasteiger partial charge in [-0.2, -0.15) is 11.8 Å². The molecular weight excluding hydrogens is 538 g/mol. The van der Waals surface area contributed by atoms with Crippen molar-refractivity contribution in [2.75, 3.05) is 26.5 Å². The zero-order valence-corrected chi connectivity index (χ0v) is 23.7. The third-order valence-corrected chi connectivity index (χ3v) is 7.60. The number of ether oxygens (including phenoxy) is 1. The molecule has 2 aromatic heterocycles. The van der Waals surface area contributed by atoms with Crippen LogP contribution in [0.2, 0.25) is 5.02 Å². The van der Waals surface area contributed by atoms with Gasteiger partial charge in [0.05, 0.1) is 25.1 Å². The van der Waals surface area contributed by atoms with E-state index in [1.165, 1.54) is 11.8 Å². The number of nitrogens with zero attached hydrogens (tertiary/aromatic N) is 2. The number of benzene rings is 2. The van der Waals surface area contributed by atoms with E-state index < -0.39 is 12.0 Å². The topological polar surface area (TPSA) is 96.9 Å². The van der Waals surface area contributed by atoms with E-state index in [4.69, 9.17) is 20.8 Å². The van der Waals surface area contributed by atoms with Gasteiger partial charge in [-0.05, 0) is 48.5 Å². The van der Waals surface area contributed by atoms with E-state index >= 15 is 0 Å². The van der Waals surface area contributed by atoms with Crippen LogP contribution >= 0.6 is 23.4 Å². The SMILES string of the molecule is COc1ccc(CSCC(O)CN(C)Cc2cc3c(=O)c(C(=O)NCc4ccc(Cl)cc4)cn(C)c3o2)cc1. The number of halogens is 1. The number of hydrogen-bond acceptors (Lipinski definition) is 7. The molecule has 2 N–H and O–H groups in total. The lowest BCUT2D eigenvalue weighted by Crippen LogP contribution is -2.30. The first kappa shape index (κ1) is 28.8. The summed E-state index contributed by atoms with van der Waals surface area (Å²) in [7, 11) is 5.26. The van der Waals surface area contributed by atoms with Gasteiger partial charge in [-0.1, -0.05) is 35.9 Å². The third kappa shape index (κ3) is 7.67. The van der Waals surface area contributed by atoms with Gasteiger partial charge in [0.15, 0.2) is 0 Å². The van der Waals surface area contributed by atoms with E-state index in [9.17, 15) is 14.7 Å². The second-order valence-electron chi connectivity index (χ2n) is 9.44. The normalized spacial score (nSPS) is 12.2. The minimum absolute atomic E-state index is 0.0453. The Morgan fingerprint density at radius 3 is 2.56 bits per heavy atom. The molecule has 0 saturated carbocycles. The predicted molar refractivity (Wildman–Crippen MR) is 156 cm³/mol. The molecule has 0 bridgehead atoms. The van der Waals surface area contributed by atoms with E-state index in [0.29, 0.717) is 40.7 Å². The predicted octanol–water partition coefficient (Wildman–Crippen LogP) is 4.45. The van der Waals surface area contributed by atoms with Crippen molar-refractivity contribution >= 4 is 40.4 Å². The number of fused-ring (bicyclic) bond motifs is 1. The van der Waals surface area contributed by atoms with Crippen LogP contribution in [-0.2, 0) is 25.9 Å². The Bertz CT molecular complexity index is 1470. The number of aryl methyl sites for hydroxylation is 1. The third-order valence-electron chi connectivity index (χ3n) is 6.19. The Morgan fingerprint density at radius 1 is 1.18 bits per heavy atom. The highest BCUT2D eigenvalue weighted by Crippen LogP contribution is 2.20. The summed E-state index contributed by atoms with van der Waals surface area (Å²) in [4.78, 5) is 27.8. The van der Waals surface area contributed by atoms with Crippen LogP contribution in [0.1, 0.15) is 27.2 Å². The molecule has 0 radical (unpaired) electrons. The monoisotopic (exact) mass is 569 g/mol. The Balaban J connectivity index is 1.33. The largest absolute Gasteiger partial charge is 0.497 e. The van der Waals surface area contributed by atoms with Crippen molar-refractivity contribution in [3.63, 3.8) is 0 Å². The molecule has 0 aliphatic heterocycles. The number of aliphatic hydroxyl groups is 1. The van der Waals surface area contributed by atoms with Crippen LogP contribution in [0.4, 0.5) is 0 Å². The van der Waals surface area contributed by atoms with Gasteiger partial charge in [0.2, 0.25) is 11.1 Å². The van der Waals surface area contributed by atoms with Crippen molar-refractivity contribution < 1.29 is 19.1 Å². The number of nitrogens with one attached hydrogen (secondary N) is 1. The Labute approximate surface area is 236 Å². The number of methoxy groups -OCH3 is 1. The summed E-state index contributed by atoms with van der Waals surface area (Å²) >= 11 is 7.57. The summed E-state index contributed by atoms with van der Waals surface area (Å²) in [5.41, 5.74) is 2.10. The lowest BCUT2D eigenvalue weighted by Gasteiger charge is -2.19. The number of carbonyl (C=O) groups is 1. The zero-order valence-electron chi connectivity index (χ0n) is 22.1. The second-order valence-corrected chi connectivity index (χ2v) is 10.9. The molecule has 4 aromatic rings. The molecule has 0 spiro atoms. The van der Waals surface area contributed by atoms with E-state index in [-0.39, 0.29) is 17.5 Å². The van der Waals surface area contributed by atoms with Gasteiger partial charge >= 0.3 is 0 Å². The Hall–Kier alpha value is -3.24. The number of aromatic nitrogens is 1. The second kappa shape index (κ2) is 13.2. The first-order valence-electron chi connectivity index (χ1n) is 12.5. The fraction of sp³-hybridized carbons (Fsp3) is 0.310. The van der Waals surface area contributed by atoms with Gasteiger partial charge in [0.25, 0.3) is 5.91 Å². The number of aliphatic hydroxyl groups excluding tert-OH is 1. The number of pyridine rings is 1. The summed E-state index contributed by atoms with van der Waals surface area (Å²) in [5.74, 6) is 2.33. The van der Waals surface area contributed by atoms with Crippen molar-refractivity contribution in [3.8, 4) is 5.75 Å². The zero-order chi connectivity index (χ0) is 27.9. The smallest absolute Gasteiger partial charge is 0.257 e. The van der Waals surface area contributed by atoms with Crippen LogP contribution in [0.5, 0.6) is 5.75 Å². The maximum absolute atomic E-state index is 13.1. The lowest BCUT2D eigenvalue weighted by atomic mass is 10.2. The van der Waals surface area contributed by atoms with Gasteiger partial charge < -0.3 is 24.1 Å². The molecule has 1 unspecified atom stereocenters. The molecule has 1 atom stereocenters. The highest BCUT2D eigenvalue weighted by molar-refractivity contribution is 7.98. The highest BCUT2D eigenvalue weighted by atomic mass is 35.5. The molecule has 0 aliphatic carbocycles. The van der Waals surface area contributed by atoms with Crippen LogP contribution in [-0.4, -0.2) is 53.0 Å². The van der Waals surface area contributed by atoms with Crippen LogP contribution in [0.3, 0.4) is 0 Å². The molecule has 0 aliphatic rings. The summed E-state index contributed by atoms with van der Waals surface area (Å²) in [5, 5.41) is 14.3. The van der Waals surface area contributed by atoms with E-state index in [0.717, 1.165) is 17.1 Å². The first-order chi connectivity index (χ1) is 18.7. The van der Waals surface area contributed by atoms with Crippen LogP contribution in [0.25, 0.3) is 11.1 Å². The number of carbonyl (C=O) groups excluding carboxylic acids is 1. The van der Waals surface area contributed by atoms with Crippen molar-refractivity contribution in [1.82, 2.24) is 14.8 Å². The van der Waals surface area contributed by atoms with Crippen molar-refractivity contribution in [2.45, 2.75) is 24.9 Å². The van der Waals surface area contributed by atoms with Gasteiger partial charge in [-0.15, -0.1) is 0 Å². The van der Waals surface area contributed by atoms with Crippen molar-refractivity contribution in [2.24, 2.45) is 7.05 Å². The number of rotatable bonds is 12. The molecule has 1 amide bonds. The van der Waals surface area contributed by atoms with Gasteiger partial charge in [0, 0.05) is 42.9 Å². The average molecular weight is 570 g/mol. The molecule has 10 heteroatoms. The average Bonchev–Trinajstić information content (AvgIpc) is 3.35. The van der Waals surface area contributed by atoms with Crippen LogP contribution in [0, 0.1) is 0 Å². The summed E-state index contributed by atoms with van der Waals surface area (Å²) in [6, 6.07) is 16.7. The fourth-order valence-corrected chi connectivity index (χ4v) is 5.26. The number of likely N-dealkylation sites (N-methyl/N-ethyl adjacent to an activating group) is 1. The van der Waals surface area contributed by atoms with Crippen LogP contribution < -0.4 is 15.5 Å². The maximum Gasteiger partial charge on any atom is 0.257 e. The van der Waals surface area contributed by atoms with Crippen molar-refractivity contribution in [3.05, 3.63) is 98.5 Å². The molecule has 4 rings (SSSR count). The number of hydrogen-bond donors (Lipinski definition) is 2. The maximum atomic E-state index is 13.1. The Kier molecular flexibility index (Phi) is 9.74. The highest BCUT2D eigenvalue weighted by Gasteiger charge is 2.19. The molecule has 0 saturated heterocycles. The summed E-state index contributed by atoms with van der Waals surface area (Å²) in [6.07, 6.45) is 0.965. The standard InChI is InChI=1S/C29H32ClN3O5S/c1-32(14-22(34)18-39-17-20-6-10-23(37-3)11-7-20)15-24-12-25-27(35)26(16-33(2)29(25)38-24)28(36)31-13-19-4-8-21(30)9-5-19/h4-12,16,22,34H,13-15,17-18H2,1-3H3,(H,31,36). The molecule has 39 heavy (non-hydrogen) atoms. The minimum Gasteiger partial charge on any atom is -0.497 e. The minimum atomic E-state index is -0.523. The van der Waals surface area contributed by atoms with Crippen LogP contribution in [0.15, 0.2) is 70.0 Å². The summed E-state index contributed by atoms with van der Waals surface area (Å²) < 4.78 is 12.8.